The molecular formula is C14H21NO5. The summed E-state index contributed by atoms with van der Waals surface area (Å²) in [5.74, 6) is -1.02. The number of nitrogens with zero attached hydrogens (tertiary/aromatic N) is 1. The van der Waals surface area contributed by atoms with Crippen molar-refractivity contribution in [2.24, 2.45) is 0 Å². The highest BCUT2D eigenvalue weighted by molar-refractivity contribution is 5.93. The summed E-state index contributed by atoms with van der Waals surface area (Å²) in [6.07, 6.45) is 1.97. The van der Waals surface area contributed by atoms with Gasteiger partial charge in [-0.25, -0.2) is 4.79 Å². The van der Waals surface area contributed by atoms with E-state index in [2.05, 4.69) is 6.58 Å². The lowest BCUT2D eigenvalue weighted by atomic mass is 10.2. The summed E-state index contributed by atoms with van der Waals surface area (Å²) in [6.45, 7) is 6.94. The Morgan fingerprint density at radius 3 is 2.65 bits per heavy atom. The minimum Gasteiger partial charge on any atom is -0.465 e. The lowest BCUT2D eigenvalue weighted by Gasteiger charge is -2.15. The molecule has 0 N–H and O–H groups in total. The third-order valence-electron chi connectivity index (χ3n) is 2.88. The zero-order chi connectivity index (χ0) is 15.0. The van der Waals surface area contributed by atoms with Crippen molar-refractivity contribution in [3.05, 3.63) is 12.2 Å². The van der Waals surface area contributed by atoms with Crippen molar-refractivity contribution in [1.82, 2.24) is 4.90 Å². The standard InChI is InChI=1S/C14H21NO5/c1-3-8-19-13(17)10-11(2)14(18)20-9-7-15-6-4-5-12(15)16/h2-10H2,1H3. The van der Waals surface area contributed by atoms with Gasteiger partial charge in [0.1, 0.15) is 6.61 Å². The van der Waals surface area contributed by atoms with E-state index in [0.717, 1.165) is 12.8 Å². The van der Waals surface area contributed by atoms with Crippen LogP contribution >= 0.6 is 0 Å². The largest absolute Gasteiger partial charge is 0.465 e. The van der Waals surface area contributed by atoms with Crippen molar-refractivity contribution in [1.29, 1.82) is 0 Å². The molecule has 0 radical (unpaired) electrons. The SMILES string of the molecule is C=C(CC(=O)OCCC)C(=O)OCCN1CCCC1=O. The van der Waals surface area contributed by atoms with E-state index in [0.29, 0.717) is 26.1 Å². The Morgan fingerprint density at radius 1 is 1.30 bits per heavy atom. The Bertz CT molecular complexity index is 391. The summed E-state index contributed by atoms with van der Waals surface area (Å²) in [4.78, 5) is 35.9. The Hall–Kier alpha value is -1.85. The predicted molar refractivity (Wildman–Crippen MR) is 71.8 cm³/mol. The molecule has 1 aliphatic rings. The monoisotopic (exact) mass is 283 g/mol. The van der Waals surface area contributed by atoms with Crippen LogP contribution in [0.5, 0.6) is 0 Å². The number of hydrogen-bond acceptors (Lipinski definition) is 5. The van der Waals surface area contributed by atoms with Crippen LogP contribution in [0.15, 0.2) is 12.2 Å². The van der Waals surface area contributed by atoms with E-state index in [1.54, 1.807) is 4.90 Å². The van der Waals surface area contributed by atoms with Crippen LogP contribution < -0.4 is 0 Å². The third-order valence-corrected chi connectivity index (χ3v) is 2.88. The fraction of sp³-hybridized carbons (Fsp3) is 0.643. The maximum Gasteiger partial charge on any atom is 0.334 e. The molecule has 20 heavy (non-hydrogen) atoms. The van der Waals surface area contributed by atoms with Crippen LogP contribution in [-0.2, 0) is 23.9 Å². The molecule has 1 amide bonds. The summed E-state index contributed by atoms with van der Waals surface area (Å²) in [6, 6.07) is 0. The van der Waals surface area contributed by atoms with E-state index in [-0.39, 0.29) is 24.5 Å². The zero-order valence-corrected chi connectivity index (χ0v) is 11.9. The van der Waals surface area contributed by atoms with Gasteiger partial charge in [-0.15, -0.1) is 0 Å². The molecule has 112 valence electrons. The molecule has 0 atom stereocenters. The van der Waals surface area contributed by atoms with Crippen LogP contribution in [0.3, 0.4) is 0 Å². The van der Waals surface area contributed by atoms with Gasteiger partial charge >= 0.3 is 11.9 Å². The van der Waals surface area contributed by atoms with Gasteiger partial charge in [0, 0.05) is 18.5 Å². The highest BCUT2D eigenvalue weighted by atomic mass is 16.5. The Morgan fingerprint density at radius 2 is 2.05 bits per heavy atom. The average Bonchev–Trinajstić information content (AvgIpc) is 2.82. The average molecular weight is 283 g/mol. The van der Waals surface area contributed by atoms with E-state index in [1.165, 1.54) is 0 Å². The van der Waals surface area contributed by atoms with Crippen molar-refractivity contribution >= 4 is 17.8 Å². The van der Waals surface area contributed by atoms with Gasteiger partial charge in [-0.05, 0) is 12.8 Å². The van der Waals surface area contributed by atoms with Gasteiger partial charge in [-0.2, -0.15) is 0 Å². The molecule has 0 aromatic carbocycles. The van der Waals surface area contributed by atoms with Gasteiger partial charge in [0.05, 0.1) is 19.6 Å². The van der Waals surface area contributed by atoms with Crippen LogP contribution in [0.4, 0.5) is 0 Å². The fourth-order valence-electron chi connectivity index (χ4n) is 1.80. The molecule has 1 aliphatic heterocycles. The first-order chi connectivity index (χ1) is 9.54. The molecule has 1 heterocycles. The van der Waals surface area contributed by atoms with Gasteiger partial charge in [0.25, 0.3) is 0 Å². The maximum atomic E-state index is 11.6. The normalized spacial score (nSPS) is 14.2. The fourth-order valence-corrected chi connectivity index (χ4v) is 1.80. The van der Waals surface area contributed by atoms with Gasteiger partial charge < -0.3 is 14.4 Å². The van der Waals surface area contributed by atoms with Gasteiger partial charge in [-0.3, -0.25) is 9.59 Å². The van der Waals surface area contributed by atoms with Crippen LogP contribution in [0.25, 0.3) is 0 Å². The van der Waals surface area contributed by atoms with E-state index in [1.807, 2.05) is 6.92 Å². The summed E-state index contributed by atoms with van der Waals surface area (Å²) in [7, 11) is 0. The van der Waals surface area contributed by atoms with E-state index in [4.69, 9.17) is 9.47 Å². The summed E-state index contributed by atoms with van der Waals surface area (Å²) in [5, 5.41) is 0. The molecule has 0 unspecified atom stereocenters. The number of esters is 2. The topological polar surface area (TPSA) is 72.9 Å². The summed E-state index contributed by atoms with van der Waals surface area (Å²) < 4.78 is 9.83. The lowest BCUT2D eigenvalue weighted by Crippen LogP contribution is -2.29. The molecule has 0 saturated carbocycles. The Kier molecular flexibility index (Phi) is 6.76. The number of ether oxygens (including phenoxy) is 2. The number of likely N-dealkylation sites (tertiary alicyclic amines) is 1. The third kappa shape index (κ3) is 5.42. The van der Waals surface area contributed by atoms with Gasteiger partial charge in [0.2, 0.25) is 5.91 Å². The first-order valence-corrected chi connectivity index (χ1v) is 6.83. The predicted octanol–water partition coefficient (Wildman–Crippen LogP) is 1.05. The molecule has 1 fully saturated rings. The minimum absolute atomic E-state index is 0.0684. The van der Waals surface area contributed by atoms with E-state index < -0.39 is 11.9 Å². The minimum atomic E-state index is -0.620. The second-order valence-electron chi connectivity index (χ2n) is 4.62. The first-order valence-electron chi connectivity index (χ1n) is 6.83. The van der Waals surface area contributed by atoms with Crippen molar-refractivity contribution in [2.45, 2.75) is 32.6 Å². The molecule has 0 aromatic rings. The molecule has 6 heteroatoms. The van der Waals surface area contributed by atoms with Gasteiger partial charge in [-0.1, -0.05) is 13.5 Å². The van der Waals surface area contributed by atoms with Crippen molar-refractivity contribution in [3.8, 4) is 0 Å². The van der Waals surface area contributed by atoms with E-state index >= 15 is 0 Å². The van der Waals surface area contributed by atoms with E-state index in [9.17, 15) is 14.4 Å². The summed E-state index contributed by atoms with van der Waals surface area (Å²) in [5.41, 5.74) is 0.0684. The quantitative estimate of drug-likeness (QED) is 0.492. The second-order valence-corrected chi connectivity index (χ2v) is 4.62. The van der Waals surface area contributed by atoms with Crippen LogP contribution in [-0.4, -0.2) is 49.0 Å². The van der Waals surface area contributed by atoms with Crippen molar-refractivity contribution in [2.75, 3.05) is 26.3 Å². The number of amides is 1. The summed E-state index contributed by atoms with van der Waals surface area (Å²) >= 11 is 0. The Labute approximate surface area is 118 Å². The van der Waals surface area contributed by atoms with Crippen LogP contribution in [0, 0.1) is 0 Å². The highest BCUT2D eigenvalue weighted by Gasteiger charge is 2.20. The lowest BCUT2D eigenvalue weighted by molar-refractivity contribution is -0.146. The number of rotatable bonds is 8. The van der Waals surface area contributed by atoms with Gasteiger partial charge in [0.15, 0.2) is 0 Å². The molecular weight excluding hydrogens is 262 g/mol. The molecule has 0 aliphatic carbocycles. The van der Waals surface area contributed by atoms with Crippen LogP contribution in [0.1, 0.15) is 32.6 Å². The first kappa shape index (κ1) is 16.2. The van der Waals surface area contributed by atoms with Crippen molar-refractivity contribution < 1.29 is 23.9 Å². The molecule has 0 bridgehead atoms. The molecule has 6 nitrogen and oxygen atoms in total. The molecule has 1 rings (SSSR count). The zero-order valence-electron chi connectivity index (χ0n) is 11.9. The molecule has 1 saturated heterocycles. The molecule has 0 spiro atoms. The number of carbonyl (C=O) groups is 3. The number of carbonyl (C=O) groups excluding carboxylic acids is 3. The second kappa shape index (κ2) is 8.35. The maximum absolute atomic E-state index is 11.6. The smallest absolute Gasteiger partial charge is 0.334 e. The highest BCUT2D eigenvalue weighted by Crippen LogP contribution is 2.09. The Balaban J connectivity index is 2.19. The van der Waals surface area contributed by atoms with Crippen LogP contribution in [0.2, 0.25) is 0 Å². The molecule has 0 aromatic heterocycles. The number of hydrogen-bond donors (Lipinski definition) is 0. The van der Waals surface area contributed by atoms with Crippen molar-refractivity contribution in [3.63, 3.8) is 0 Å².